The van der Waals surface area contributed by atoms with Crippen molar-refractivity contribution in [2.24, 2.45) is 16.9 Å². The number of rotatable bonds is 4. The number of hydrazone groups is 1. The second-order valence-electron chi connectivity index (χ2n) is 4.26. The maximum Gasteiger partial charge on any atom is 0.324 e. The molecule has 1 aliphatic carbocycles. The standard InChI is InChI=1S/C11H16N2O3/c1-3-16-11(15)9-6-12-13(10(9)14)7(2)8-4-5-8/h6-9H,3-5H2,1-2H3. The summed E-state index contributed by atoms with van der Waals surface area (Å²) in [5.41, 5.74) is 0. The molecule has 0 radical (unpaired) electrons. The number of carbonyl (C=O) groups excluding carboxylic acids is 2. The van der Waals surface area contributed by atoms with Gasteiger partial charge in [0.2, 0.25) is 0 Å². The van der Waals surface area contributed by atoms with E-state index >= 15 is 0 Å². The molecule has 2 atom stereocenters. The number of nitrogens with zero attached hydrogens (tertiary/aromatic N) is 2. The summed E-state index contributed by atoms with van der Waals surface area (Å²) in [6, 6.07) is 0.100. The molecule has 0 spiro atoms. The minimum absolute atomic E-state index is 0.100. The Morgan fingerprint density at radius 1 is 1.69 bits per heavy atom. The van der Waals surface area contributed by atoms with Gasteiger partial charge < -0.3 is 4.74 Å². The minimum atomic E-state index is -0.832. The number of carbonyl (C=O) groups is 2. The van der Waals surface area contributed by atoms with Crippen molar-refractivity contribution in [2.75, 3.05) is 6.61 Å². The molecule has 1 heterocycles. The van der Waals surface area contributed by atoms with Gasteiger partial charge in [-0.05, 0) is 32.6 Å². The van der Waals surface area contributed by atoms with Crippen molar-refractivity contribution in [2.45, 2.75) is 32.7 Å². The van der Waals surface area contributed by atoms with Crippen LogP contribution < -0.4 is 0 Å². The van der Waals surface area contributed by atoms with Crippen LogP contribution in [0.1, 0.15) is 26.7 Å². The maximum atomic E-state index is 11.9. The van der Waals surface area contributed by atoms with Crippen molar-refractivity contribution >= 4 is 18.1 Å². The lowest BCUT2D eigenvalue weighted by Crippen LogP contribution is -2.38. The summed E-state index contributed by atoms with van der Waals surface area (Å²) in [5.74, 6) is -1.04. The topological polar surface area (TPSA) is 59.0 Å². The molecule has 0 N–H and O–H groups in total. The van der Waals surface area contributed by atoms with Gasteiger partial charge in [-0.1, -0.05) is 0 Å². The molecule has 0 saturated heterocycles. The Bertz CT molecular complexity index is 336. The number of hydrogen-bond donors (Lipinski definition) is 0. The highest BCUT2D eigenvalue weighted by Gasteiger charge is 2.42. The van der Waals surface area contributed by atoms with E-state index in [1.54, 1.807) is 6.92 Å². The monoisotopic (exact) mass is 224 g/mol. The largest absolute Gasteiger partial charge is 0.465 e. The fourth-order valence-electron chi connectivity index (χ4n) is 1.88. The first-order chi connectivity index (χ1) is 7.65. The zero-order valence-corrected chi connectivity index (χ0v) is 9.55. The Kier molecular flexibility index (Phi) is 2.94. The molecule has 1 fully saturated rings. The Balaban J connectivity index is 1.99. The molecule has 0 aromatic heterocycles. The van der Waals surface area contributed by atoms with Crippen molar-refractivity contribution in [3.63, 3.8) is 0 Å². The van der Waals surface area contributed by atoms with Crippen molar-refractivity contribution in [3.8, 4) is 0 Å². The van der Waals surface area contributed by atoms with E-state index in [0.29, 0.717) is 5.92 Å². The van der Waals surface area contributed by atoms with Gasteiger partial charge >= 0.3 is 5.97 Å². The predicted molar refractivity (Wildman–Crippen MR) is 57.6 cm³/mol. The maximum absolute atomic E-state index is 11.9. The van der Waals surface area contributed by atoms with Gasteiger partial charge in [-0.3, -0.25) is 9.59 Å². The third kappa shape index (κ3) is 1.94. The summed E-state index contributed by atoms with van der Waals surface area (Å²) in [5, 5.41) is 5.45. The third-order valence-electron chi connectivity index (χ3n) is 3.06. The van der Waals surface area contributed by atoms with E-state index in [9.17, 15) is 9.59 Å². The molecule has 0 aromatic rings. The van der Waals surface area contributed by atoms with Gasteiger partial charge in [0.15, 0.2) is 5.92 Å². The van der Waals surface area contributed by atoms with Crippen LogP contribution in [0.5, 0.6) is 0 Å². The number of amides is 1. The Labute approximate surface area is 94.4 Å². The van der Waals surface area contributed by atoms with E-state index in [2.05, 4.69) is 5.10 Å². The van der Waals surface area contributed by atoms with E-state index in [4.69, 9.17) is 4.74 Å². The molecule has 0 bridgehead atoms. The molecule has 16 heavy (non-hydrogen) atoms. The van der Waals surface area contributed by atoms with Gasteiger partial charge in [0.05, 0.1) is 12.6 Å². The van der Waals surface area contributed by atoms with Crippen molar-refractivity contribution in [1.82, 2.24) is 5.01 Å². The molecule has 5 nitrogen and oxygen atoms in total. The molecule has 1 aliphatic heterocycles. The SMILES string of the molecule is CCOC(=O)C1C=NN(C(C)C2CC2)C1=O. The zero-order chi connectivity index (χ0) is 11.7. The van der Waals surface area contributed by atoms with Crippen LogP contribution in [0.4, 0.5) is 0 Å². The van der Waals surface area contributed by atoms with Crippen LogP contribution in [0.15, 0.2) is 5.10 Å². The van der Waals surface area contributed by atoms with Crippen LogP contribution in [-0.4, -0.2) is 35.7 Å². The van der Waals surface area contributed by atoms with E-state index in [-0.39, 0.29) is 18.6 Å². The fourth-order valence-corrected chi connectivity index (χ4v) is 1.88. The fraction of sp³-hybridized carbons (Fsp3) is 0.727. The molecule has 2 aliphatic rings. The van der Waals surface area contributed by atoms with Crippen LogP contribution in [-0.2, 0) is 14.3 Å². The summed E-state index contributed by atoms with van der Waals surface area (Å²) in [7, 11) is 0. The van der Waals surface area contributed by atoms with Gasteiger partial charge in [-0.2, -0.15) is 5.10 Å². The summed E-state index contributed by atoms with van der Waals surface area (Å²) in [6.45, 7) is 3.98. The normalized spacial score (nSPS) is 26.0. The Morgan fingerprint density at radius 3 is 2.94 bits per heavy atom. The summed E-state index contributed by atoms with van der Waals surface area (Å²) in [4.78, 5) is 23.3. The lowest BCUT2D eigenvalue weighted by Gasteiger charge is -2.21. The molecule has 2 rings (SSSR count). The summed E-state index contributed by atoms with van der Waals surface area (Å²) >= 11 is 0. The van der Waals surface area contributed by atoms with E-state index in [1.165, 1.54) is 11.2 Å². The van der Waals surface area contributed by atoms with Gasteiger partial charge in [0, 0.05) is 6.21 Å². The first-order valence-electron chi connectivity index (χ1n) is 5.69. The molecule has 0 aromatic carbocycles. The van der Waals surface area contributed by atoms with Gasteiger partial charge in [0.25, 0.3) is 5.91 Å². The quantitative estimate of drug-likeness (QED) is 0.524. The van der Waals surface area contributed by atoms with Crippen molar-refractivity contribution in [3.05, 3.63) is 0 Å². The molecule has 2 unspecified atom stereocenters. The van der Waals surface area contributed by atoms with Gasteiger partial charge in [-0.15, -0.1) is 0 Å². The van der Waals surface area contributed by atoms with E-state index < -0.39 is 11.9 Å². The van der Waals surface area contributed by atoms with Crippen molar-refractivity contribution < 1.29 is 14.3 Å². The van der Waals surface area contributed by atoms with Gasteiger partial charge in [0.1, 0.15) is 0 Å². The zero-order valence-electron chi connectivity index (χ0n) is 9.55. The predicted octanol–water partition coefficient (Wildman–Crippen LogP) is 0.792. The van der Waals surface area contributed by atoms with Crippen LogP contribution in [0.3, 0.4) is 0 Å². The molecular formula is C11H16N2O3. The van der Waals surface area contributed by atoms with Gasteiger partial charge in [-0.25, -0.2) is 5.01 Å². The average Bonchev–Trinajstić information content (AvgIpc) is 3.02. The second kappa shape index (κ2) is 4.23. The third-order valence-corrected chi connectivity index (χ3v) is 3.06. The Hall–Kier alpha value is -1.39. The smallest absolute Gasteiger partial charge is 0.324 e. The van der Waals surface area contributed by atoms with Crippen LogP contribution in [0.2, 0.25) is 0 Å². The second-order valence-corrected chi connectivity index (χ2v) is 4.26. The minimum Gasteiger partial charge on any atom is -0.465 e. The van der Waals surface area contributed by atoms with E-state index in [0.717, 1.165) is 12.8 Å². The van der Waals surface area contributed by atoms with Crippen molar-refractivity contribution in [1.29, 1.82) is 0 Å². The first-order valence-corrected chi connectivity index (χ1v) is 5.69. The highest BCUT2D eigenvalue weighted by Crippen LogP contribution is 2.36. The van der Waals surface area contributed by atoms with Crippen LogP contribution in [0.25, 0.3) is 0 Å². The number of ether oxygens (including phenoxy) is 1. The van der Waals surface area contributed by atoms with Crippen LogP contribution >= 0.6 is 0 Å². The average molecular weight is 224 g/mol. The lowest BCUT2D eigenvalue weighted by molar-refractivity contribution is -0.151. The lowest BCUT2D eigenvalue weighted by atomic mass is 10.1. The molecular weight excluding hydrogens is 208 g/mol. The highest BCUT2D eigenvalue weighted by molar-refractivity contribution is 6.13. The summed E-state index contributed by atoms with van der Waals surface area (Å²) < 4.78 is 4.82. The highest BCUT2D eigenvalue weighted by atomic mass is 16.5. The Morgan fingerprint density at radius 2 is 2.38 bits per heavy atom. The summed E-state index contributed by atoms with van der Waals surface area (Å²) in [6.07, 6.45) is 3.67. The molecule has 1 saturated carbocycles. The van der Waals surface area contributed by atoms with Crippen LogP contribution in [0, 0.1) is 11.8 Å². The molecule has 5 heteroatoms. The number of hydrogen-bond acceptors (Lipinski definition) is 4. The molecule has 1 amide bonds. The number of esters is 1. The van der Waals surface area contributed by atoms with E-state index in [1.807, 2.05) is 6.92 Å². The molecule has 88 valence electrons. The first kappa shape index (κ1) is 11.1.